The first kappa shape index (κ1) is 16.9. The van der Waals surface area contributed by atoms with Gasteiger partial charge in [-0.15, -0.1) is 0 Å². The number of hydrogen-bond acceptors (Lipinski definition) is 3. The van der Waals surface area contributed by atoms with Crippen molar-refractivity contribution in [1.29, 1.82) is 0 Å². The number of carbonyl (C=O) groups is 2. The molecular weight excluding hydrogens is 277 g/mol. The van der Waals surface area contributed by atoms with Crippen LogP contribution in [-0.4, -0.2) is 31.6 Å². The van der Waals surface area contributed by atoms with Gasteiger partial charge in [-0.3, -0.25) is 10.1 Å². The van der Waals surface area contributed by atoms with E-state index in [1.165, 1.54) is 13.2 Å². The molecule has 2 atom stereocenters. The van der Waals surface area contributed by atoms with Gasteiger partial charge in [0.2, 0.25) is 0 Å². The molecule has 4 N–H and O–H groups in total. The molecule has 0 spiro atoms. The number of hydrogen-bond donors (Lipinski definition) is 3. The average molecular weight is 298 g/mol. The molecule has 1 rings (SSSR count). The minimum Gasteiger partial charge on any atom is -0.494 e. The summed E-state index contributed by atoms with van der Waals surface area (Å²) in [5, 5.41) is 2.06. The Morgan fingerprint density at radius 3 is 2.62 bits per heavy atom. The average Bonchev–Trinajstić information content (AvgIpc) is 2.43. The zero-order valence-corrected chi connectivity index (χ0v) is 12.4. The maximum atomic E-state index is 13.7. The fourth-order valence-corrected chi connectivity index (χ4v) is 2.08. The molecule has 0 radical (unpaired) electrons. The van der Waals surface area contributed by atoms with Crippen molar-refractivity contribution < 1.29 is 23.6 Å². The third kappa shape index (κ3) is 4.71. The molecule has 0 bridgehead atoms. The lowest BCUT2D eigenvalue weighted by molar-refractivity contribution is -0.926. The van der Waals surface area contributed by atoms with Crippen molar-refractivity contribution in [2.75, 3.05) is 13.7 Å². The number of imide groups is 1. The van der Waals surface area contributed by atoms with Crippen molar-refractivity contribution in [3.8, 4) is 5.75 Å². The van der Waals surface area contributed by atoms with Crippen molar-refractivity contribution >= 4 is 11.9 Å². The zero-order valence-electron chi connectivity index (χ0n) is 12.4. The van der Waals surface area contributed by atoms with Gasteiger partial charge >= 0.3 is 6.03 Å². The molecule has 0 fully saturated rings. The smallest absolute Gasteiger partial charge is 0.319 e. The molecule has 1 aromatic rings. The number of likely N-dealkylation sites (N-methyl/N-ethyl adjacent to an activating group) is 1. The van der Waals surface area contributed by atoms with E-state index in [4.69, 9.17) is 10.5 Å². The first-order valence-corrected chi connectivity index (χ1v) is 6.66. The van der Waals surface area contributed by atoms with Crippen LogP contribution in [0, 0.1) is 5.82 Å². The summed E-state index contributed by atoms with van der Waals surface area (Å²) in [6.45, 7) is 4.69. The fourth-order valence-electron chi connectivity index (χ4n) is 2.08. The summed E-state index contributed by atoms with van der Waals surface area (Å²) in [4.78, 5) is 23.4. The van der Waals surface area contributed by atoms with Gasteiger partial charge in [0.25, 0.3) is 5.91 Å². The number of methoxy groups -OCH3 is 1. The Kier molecular flexibility index (Phi) is 6.10. The highest BCUT2D eigenvalue weighted by atomic mass is 19.1. The van der Waals surface area contributed by atoms with Crippen LogP contribution in [0.2, 0.25) is 0 Å². The quantitative estimate of drug-likeness (QED) is 0.681. The van der Waals surface area contributed by atoms with Crippen LogP contribution in [0.4, 0.5) is 9.18 Å². The van der Waals surface area contributed by atoms with Crippen LogP contribution in [0.15, 0.2) is 18.2 Å². The number of ether oxygens (including phenoxy) is 1. The van der Waals surface area contributed by atoms with Gasteiger partial charge in [0.1, 0.15) is 6.54 Å². The number of benzene rings is 1. The zero-order chi connectivity index (χ0) is 16.0. The fraction of sp³-hybridized carbons (Fsp3) is 0.429. The van der Waals surface area contributed by atoms with Crippen LogP contribution in [0.1, 0.15) is 19.4 Å². The predicted octanol–water partition coefficient (Wildman–Crippen LogP) is -0.177. The van der Waals surface area contributed by atoms with Gasteiger partial charge in [0, 0.05) is 5.56 Å². The van der Waals surface area contributed by atoms with Crippen LogP contribution in [-0.2, 0) is 11.3 Å². The SMILES string of the molecule is CC[NH+](Cc1ccc(OC)c(F)c1)[C@H](C)C(=O)NC(N)=O. The van der Waals surface area contributed by atoms with Crippen molar-refractivity contribution in [3.63, 3.8) is 0 Å². The number of rotatable bonds is 6. The molecule has 116 valence electrons. The normalized spacial score (nSPS) is 13.3. The molecule has 0 aromatic heterocycles. The van der Waals surface area contributed by atoms with Crippen molar-refractivity contribution in [2.24, 2.45) is 5.73 Å². The summed E-state index contributed by atoms with van der Waals surface area (Å²) in [5.41, 5.74) is 5.67. The number of amides is 3. The Labute approximate surface area is 123 Å². The van der Waals surface area contributed by atoms with Crippen molar-refractivity contribution in [3.05, 3.63) is 29.6 Å². The molecule has 7 heteroatoms. The summed E-state index contributed by atoms with van der Waals surface area (Å²) in [7, 11) is 1.40. The number of nitrogens with two attached hydrogens (primary N) is 1. The largest absolute Gasteiger partial charge is 0.494 e. The lowest BCUT2D eigenvalue weighted by Crippen LogP contribution is -3.15. The maximum absolute atomic E-state index is 13.7. The van der Waals surface area contributed by atoms with E-state index in [2.05, 4.69) is 5.32 Å². The van der Waals surface area contributed by atoms with Gasteiger partial charge in [0.15, 0.2) is 17.6 Å². The predicted molar refractivity (Wildman–Crippen MR) is 75.3 cm³/mol. The summed E-state index contributed by atoms with van der Waals surface area (Å²) in [6, 6.07) is 3.32. The second-order valence-corrected chi connectivity index (χ2v) is 4.73. The third-order valence-corrected chi connectivity index (χ3v) is 3.35. The lowest BCUT2D eigenvalue weighted by atomic mass is 10.1. The first-order chi connectivity index (χ1) is 9.88. The minimum absolute atomic E-state index is 0.177. The molecule has 0 aliphatic heterocycles. The Morgan fingerprint density at radius 2 is 2.14 bits per heavy atom. The Morgan fingerprint density at radius 1 is 1.48 bits per heavy atom. The van der Waals surface area contributed by atoms with E-state index in [0.717, 1.165) is 10.5 Å². The van der Waals surface area contributed by atoms with E-state index < -0.39 is 23.8 Å². The highest BCUT2D eigenvalue weighted by Gasteiger charge is 2.25. The molecule has 3 amide bonds. The van der Waals surface area contributed by atoms with Crippen molar-refractivity contribution in [2.45, 2.75) is 26.4 Å². The topological polar surface area (TPSA) is 85.9 Å². The number of halogens is 1. The highest BCUT2D eigenvalue weighted by molar-refractivity contribution is 5.95. The summed E-state index contributed by atoms with van der Waals surface area (Å²) >= 11 is 0. The number of nitrogens with one attached hydrogen (secondary N) is 2. The monoisotopic (exact) mass is 298 g/mol. The summed E-state index contributed by atoms with van der Waals surface area (Å²) in [5.74, 6) is -0.718. The highest BCUT2D eigenvalue weighted by Crippen LogP contribution is 2.17. The van der Waals surface area contributed by atoms with E-state index >= 15 is 0 Å². The van der Waals surface area contributed by atoms with Gasteiger partial charge in [-0.2, -0.15) is 0 Å². The molecule has 6 nitrogen and oxygen atoms in total. The number of primary amides is 1. The van der Waals surface area contributed by atoms with Crippen LogP contribution < -0.4 is 20.7 Å². The number of carbonyl (C=O) groups excluding carboxylic acids is 2. The maximum Gasteiger partial charge on any atom is 0.319 e. The Balaban J connectivity index is 2.79. The molecule has 0 aliphatic rings. The summed E-state index contributed by atoms with van der Waals surface area (Å²) < 4.78 is 18.5. The Bertz CT molecular complexity index is 522. The van der Waals surface area contributed by atoms with Crippen LogP contribution in [0.5, 0.6) is 5.75 Å². The third-order valence-electron chi connectivity index (χ3n) is 3.35. The molecular formula is C14H21FN3O3+. The van der Waals surface area contributed by atoms with Gasteiger partial charge in [-0.1, -0.05) is 0 Å². The summed E-state index contributed by atoms with van der Waals surface area (Å²) in [6.07, 6.45) is 0. The van der Waals surface area contributed by atoms with E-state index in [-0.39, 0.29) is 5.75 Å². The molecule has 0 saturated carbocycles. The van der Waals surface area contributed by atoms with Gasteiger partial charge < -0.3 is 15.4 Å². The van der Waals surface area contributed by atoms with Crippen LogP contribution >= 0.6 is 0 Å². The molecule has 1 unspecified atom stereocenters. The van der Waals surface area contributed by atoms with Crippen LogP contribution in [0.25, 0.3) is 0 Å². The number of urea groups is 1. The van der Waals surface area contributed by atoms with Gasteiger partial charge in [-0.05, 0) is 32.0 Å². The van der Waals surface area contributed by atoms with Gasteiger partial charge in [-0.25, -0.2) is 9.18 Å². The molecule has 1 aromatic carbocycles. The first-order valence-electron chi connectivity index (χ1n) is 6.66. The van der Waals surface area contributed by atoms with Crippen molar-refractivity contribution in [1.82, 2.24) is 5.32 Å². The standard InChI is InChI=1S/C14H20FN3O3/c1-4-18(9(2)13(19)17-14(16)20)8-10-5-6-12(21-3)11(15)7-10/h5-7,9H,4,8H2,1-3H3,(H3,16,17,19,20)/p+1/t9-/m1/s1. The van der Waals surface area contributed by atoms with E-state index in [0.29, 0.717) is 13.1 Å². The second-order valence-electron chi connectivity index (χ2n) is 4.73. The van der Waals surface area contributed by atoms with Crippen LogP contribution in [0.3, 0.4) is 0 Å². The second kappa shape index (κ2) is 7.58. The van der Waals surface area contributed by atoms with E-state index in [1.54, 1.807) is 19.1 Å². The molecule has 0 aliphatic carbocycles. The molecule has 0 heterocycles. The Hall–Kier alpha value is -2.15. The minimum atomic E-state index is -0.877. The molecule has 0 saturated heterocycles. The van der Waals surface area contributed by atoms with Gasteiger partial charge in [0.05, 0.1) is 13.7 Å². The lowest BCUT2D eigenvalue weighted by Gasteiger charge is -2.23. The van der Waals surface area contributed by atoms with E-state index in [9.17, 15) is 14.0 Å². The van der Waals surface area contributed by atoms with E-state index in [1.807, 2.05) is 6.92 Å². The number of quaternary nitrogens is 1. The molecule has 21 heavy (non-hydrogen) atoms.